The van der Waals surface area contributed by atoms with Gasteiger partial charge in [0, 0.05) is 10.9 Å². The molecule has 6 nitrogen and oxygen atoms in total. The van der Waals surface area contributed by atoms with Crippen LogP contribution in [-0.2, 0) is 9.84 Å². The van der Waals surface area contributed by atoms with Gasteiger partial charge in [0.25, 0.3) is 5.91 Å². The van der Waals surface area contributed by atoms with E-state index in [9.17, 15) is 18.0 Å². The number of sulfone groups is 1. The largest absolute Gasteiger partial charge is 0.450 e. The zero-order valence-corrected chi connectivity index (χ0v) is 19.7. The van der Waals surface area contributed by atoms with Crippen molar-refractivity contribution in [1.29, 1.82) is 0 Å². The van der Waals surface area contributed by atoms with Gasteiger partial charge in [-0.2, -0.15) is 0 Å². The van der Waals surface area contributed by atoms with Gasteiger partial charge in [-0.25, -0.2) is 8.42 Å². The molecule has 0 aliphatic carbocycles. The molecule has 0 saturated carbocycles. The van der Waals surface area contributed by atoms with E-state index in [2.05, 4.69) is 0 Å². The van der Waals surface area contributed by atoms with E-state index < -0.39 is 27.8 Å². The van der Waals surface area contributed by atoms with Crippen molar-refractivity contribution >= 4 is 38.5 Å². The number of rotatable bonds is 3. The molecule has 0 bridgehead atoms. The Morgan fingerprint density at radius 1 is 1.09 bits per heavy atom. The molecule has 2 atom stereocenters. The Morgan fingerprint density at radius 2 is 1.81 bits per heavy atom. The number of amides is 1. The van der Waals surface area contributed by atoms with Gasteiger partial charge in [-0.1, -0.05) is 18.2 Å². The molecule has 32 heavy (non-hydrogen) atoms. The van der Waals surface area contributed by atoms with E-state index in [1.165, 1.54) is 0 Å². The van der Waals surface area contributed by atoms with Crippen LogP contribution in [0.5, 0.6) is 0 Å². The molecule has 2 aliphatic heterocycles. The molecule has 2 aliphatic rings. The number of carbonyl (C=O) groups is 1. The molecule has 3 aromatic rings. The van der Waals surface area contributed by atoms with Crippen molar-refractivity contribution in [3.05, 3.63) is 74.6 Å². The predicted molar refractivity (Wildman–Crippen MR) is 125 cm³/mol. The smallest absolute Gasteiger partial charge is 0.291 e. The molecule has 0 radical (unpaired) electrons. The van der Waals surface area contributed by atoms with Crippen molar-refractivity contribution in [2.45, 2.75) is 37.2 Å². The lowest BCUT2D eigenvalue weighted by Crippen LogP contribution is -2.40. The number of carbonyl (C=O) groups excluding carboxylic acids is 1. The third-order valence-electron chi connectivity index (χ3n) is 6.37. The molecule has 3 heterocycles. The van der Waals surface area contributed by atoms with Gasteiger partial charge >= 0.3 is 0 Å². The molecule has 5 rings (SSSR count). The molecule has 8 heteroatoms. The van der Waals surface area contributed by atoms with Gasteiger partial charge in [0.05, 0.1) is 28.5 Å². The fraction of sp³-hybridized carbons (Fsp3) is 0.333. The summed E-state index contributed by atoms with van der Waals surface area (Å²) in [7, 11) is -3.23. The van der Waals surface area contributed by atoms with Crippen LogP contribution in [0.2, 0.25) is 0 Å². The summed E-state index contributed by atoms with van der Waals surface area (Å²) >= 11 is 1.60. The SMILES string of the molecule is CSc1ccc(C2c3c(oc4c(C)cc(C)cc4c3=O)C(=O)N2C2CCS(=O)(=O)C2)cc1. The summed E-state index contributed by atoms with van der Waals surface area (Å²) in [4.78, 5) is 29.9. The minimum atomic E-state index is -3.23. The number of thioether (sulfide) groups is 1. The first-order chi connectivity index (χ1) is 15.2. The van der Waals surface area contributed by atoms with E-state index in [0.717, 1.165) is 21.6 Å². The van der Waals surface area contributed by atoms with E-state index >= 15 is 0 Å². The summed E-state index contributed by atoms with van der Waals surface area (Å²) in [6, 6.07) is 10.2. The van der Waals surface area contributed by atoms with E-state index in [0.29, 0.717) is 23.0 Å². The van der Waals surface area contributed by atoms with Gasteiger partial charge in [-0.3, -0.25) is 9.59 Å². The molecule has 166 valence electrons. The second kappa shape index (κ2) is 7.49. The predicted octanol–water partition coefficient (Wildman–Crippen LogP) is 3.86. The highest BCUT2D eigenvalue weighted by atomic mass is 32.2. The first kappa shape index (κ1) is 21.3. The van der Waals surface area contributed by atoms with Gasteiger partial charge in [0.1, 0.15) is 5.58 Å². The van der Waals surface area contributed by atoms with Crippen molar-refractivity contribution in [2.75, 3.05) is 17.8 Å². The van der Waals surface area contributed by atoms with E-state index in [1.807, 2.05) is 50.4 Å². The summed E-state index contributed by atoms with van der Waals surface area (Å²) in [5.41, 5.74) is 2.97. The standard InChI is InChI=1S/C24H23NO5S2/c1-13-10-14(2)22-18(11-13)21(26)19-20(15-4-6-17(31-3)7-5-15)25(24(27)23(19)30-22)16-8-9-32(28,29)12-16/h4-7,10-11,16,20H,8-9,12H2,1-3H3. The minimum Gasteiger partial charge on any atom is -0.450 e. The maximum atomic E-state index is 13.7. The highest BCUT2D eigenvalue weighted by Gasteiger charge is 2.48. The van der Waals surface area contributed by atoms with Crippen molar-refractivity contribution in [2.24, 2.45) is 0 Å². The molecule has 0 N–H and O–H groups in total. The fourth-order valence-corrected chi connectivity index (χ4v) is 7.05. The van der Waals surface area contributed by atoms with Crippen molar-refractivity contribution in [1.82, 2.24) is 4.90 Å². The number of hydrogen-bond donors (Lipinski definition) is 0. The number of benzene rings is 2. The van der Waals surface area contributed by atoms with Crippen LogP contribution in [0.15, 0.2) is 50.5 Å². The summed E-state index contributed by atoms with van der Waals surface area (Å²) in [6.07, 6.45) is 2.33. The zero-order chi connectivity index (χ0) is 22.8. The lowest BCUT2D eigenvalue weighted by atomic mass is 9.96. The molecule has 1 amide bonds. The summed E-state index contributed by atoms with van der Waals surface area (Å²) < 4.78 is 30.5. The Bertz CT molecular complexity index is 1420. The monoisotopic (exact) mass is 469 g/mol. The normalized spacial score (nSPS) is 22.0. The molecule has 2 aromatic carbocycles. The van der Waals surface area contributed by atoms with Crippen molar-refractivity contribution in [3.8, 4) is 0 Å². The van der Waals surface area contributed by atoms with E-state index in [4.69, 9.17) is 4.42 Å². The first-order valence-corrected chi connectivity index (χ1v) is 13.5. The number of aryl methyl sites for hydroxylation is 2. The number of fused-ring (bicyclic) bond motifs is 2. The Hall–Kier alpha value is -2.58. The fourth-order valence-electron chi connectivity index (χ4n) is 4.93. The minimum absolute atomic E-state index is 0.0256. The third-order valence-corrected chi connectivity index (χ3v) is 8.86. The molecule has 1 fully saturated rings. The van der Waals surface area contributed by atoms with Gasteiger partial charge in [-0.05, 0) is 61.4 Å². The Labute approximate surface area is 190 Å². The Balaban J connectivity index is 1.77. The van der Waals surface area contributed by atoms with Gasteiger partial charge in [0.2, 0.25) is 5.76 Å². The van der Waals surface area contributed by atoms with Crippen LogP contribution in [0, 0.1) is 13.8 Å². The van der Waals surface area contributed by atoms with Crippen LogP contribution in [0.1, 0.15) is 45.3 Å². The highest BCUT2D eigenvalue weighted by Crippen LogP contribution is 2.42. The van der Waals surface area contributed by atoms with Gasteiger partial charge in [-0.15, -0.1) is 11.8 Å². The maximum Gasteiger partial charge on any atom is 0.291 e. The number of hydrogen-bond acceptors (Lipinski definition) is 6. The molecule has 1 saturated heterocycles. The summed E-state index contributed by atoms with van der Waals surface area (Å²) in [5, 5.41) is 0.445. The van der Waals surface area contributed by atoms with Crippen LogP contribution in [0.3, 0.4) is 0 Å². The van der Waals surface area contributed by atoms with Crippen LogP contribution in [0.25, 0.3) is 11.0 Å². The maximum absolute atomic E-state index is 13.7. The Morgan fingerprint density at radius 3 is 2.44 bits per heavy atom. The average molecular weight is 470 g/mol. The number of nitrogens with zero attached hydrogens (tertiary/aromatic N) is 1. The lowest BCUT2D eigenvalue weighted by molar-refractivity contribution is 0.0662. The average Bonchev–Trinajstić information content (AvgIpc) is 3.25. The second-order valence-corrected chi connectivity index (χ2v) is 11.7. The molecule has 1 aromatic heterocycles. The topological polar surface area (TPSA) is 84.7 Å². The van der Waals surface area contributed by atoms with Crippen molar-refractivity contribution in [3.63, 3.8) is 0 Å². The molecular weight excluding hydrogens is 446 g/mol. The van der Waals surface area contributed by atoms with E-state index in [1.54, 1.807) is 22.7 Å². The highest BCUT2D eigenvalue weighted by molar-refractivity contribution is 7.98. The third kappa shape index (κ3) is 3.28. The first-order valence-electron chi connectivity index (χ1n) is 10.4. The zero-order valence-electron chi connectivity index (χ0n) is 18.0. The van der Waals surface area contributed by atoms with Crippen molar-refractivity contribution < 1.29 is 17.6 Å². The van der Waals surface area contributed by atoms with Crippen LogP contribution in [0.4, 0.5) is 0 Å². The summed E-state index contributed by atoms with van der Waals surface area (Å²) in [6.45, 7) is 3.77. The van der Waals surface area contributed by atoms with Crippen LogP contribution < -0.4 is 5.43 Å². The lowest BCUT2D eigenvalue weighted by Gasteiger charge is -2.30. The molecule has 0 spiro atoms. The quantitative estimate of drug-likeness (QED) is 0.542. The van der Waals surface area contributed by atoms with E-state index in [-0.39, 0.29) is 22.7 Å². The molecule has 2 unspecified atom stereocenters. The van der Waals surface area contributed by atoms with Crippen LogP contribution in [-0.4, -0.2) is 43.0 Å². The van der Waals surface area contributed by atoms with Crippen LogP contribution >= 0.6 is 11.8 Å². The van der Waals surface area contributed by atoms with Gasteiger partial charge in [0.15, 0.2) is 15.3 Å². The molecular formula is C24H23NO5S2. The second-order valence-electron chi connectivity index (χ2n) is 8.58. The summed E-state index contributed by atoms with van der Waals surface area (Å²) in [5.74, 6) is -0.451. The Kier molecular flexibility index (Phi) is 4.98. The van der Waals surface area contributed by atoms with Gasteiger partial charge < -0.3 is 9.32 Å².